The Morgan fingerprint density at radius 1 is 1.19 bits per heavy atom. The number of rotatable bonds is 5. The van der Waals surface area contributed by atoms with Gasteiger partial charge in [-0.1, -0.05) is 20.8 Å². The lowest BCUT2D eigenvalue weighted by Crippen LogP contribution is -2.60. The van der Waals surface area contributed by atoms with Crippen molar-refractivity contribution in [3.05, 3.63) is 0 Å². The van der Waals surface area contributed by atoms with Crippen LogP contribution < -0.4 is 5.32 Å². The van der Waals surface area contributed by atoms with E-state index < -0.39 is 55.9 Å². The highest BCUT2D eigenvalue weighted by atomic mass is 28.4. The van der Waals surface area contributed by atoms with Gasteiger partial charge in [-0.3, -0.25) is 0 Å². The number of hydrogen-bond acceptors (Lipinski definition) is 8. The molecule has 2 N–H and O–H groups in total. The van der Waals surface area contributed by atoms with Crippen molar-refractivity contribution in [2.45, 2.75) is 102 Å². The van der Waals surface area contributed by atoms with Crippen molar-refractivity contribution in [3.8, 4) is 0 Å². The number of methoxy groups -OCH3 is 1. The third-order valence-electron chi connectivity index (χ3n) is 6.22. The number of carbonyl (C=O) groups is 2. The van der Waals surface area contributed by atoms with Crippen LogP contribution in [-0.4, -0.2) is 81.4 Å². The molecule has 0 aliphatic carbocycles. The van der Waals surface area contributed by atoms with Gasteiger partial charge < -0.3 is 33.8 Å². The van der Waals surface area contributed by atoms with Crippen LogP contribution in [0.2, 0.25) is 18.1 Å². The van der Waals surface area contributed by atoms with E-state index in [4.69, 9.17) is 23.4 Å². The van der Waals surface area contributed by atoms with Gasteiger partial charge in [0.1, 0.15) is 17.8 Å². The average molecular weight is 462 g/mol. The smallest absolute Gasteiger partial charge is 0.408 e. The van der Waals surface area contributed by atoms with Crippen LogP contribution in [0.25, 0.3) is 0 Å². The van der Waals surface area contributed by atoms with Crippen molar-refractivity contribution in [2.24, 2.45) is 0 Å². The predicted molar refractivity (Wildman–Crippen MR) is 116 cm³/mol. The van der Waals surface area contributed by atoms with Crippen molar-refractivity contribution < 1.29 is 38.1 Å². The monoisotopic (exact) mass is 461 g/mol. The summed E-state index contributed by atoms with van der Waals surface area (Å²) in [7, 11) is -0.879. The van der Waals surface area contributed by atoms with Crippen LogP contribution in [0.15, 0.2) is 0 Å². The minimum atomic E-state index is -2.18. The summed E-state index contributed by atoms with van der Waals surface area (Å²) >= 11 is 0. The number of aliphatic hydroxyl groups excluding tert-OH is 1. The fraction of sp³-hybridized carbons (Fsp3) is 0.905. The molecule has 5 atom stereocenters. The zero-order valence-corrected chi connectivity index (χ0v) is 21.2. The molecule has 0 aromatic rings. The van der Waals surface area contributed by atoms with E-state index in [1.54, 1.807) is 20.8 Å². The molecule has 31 heavy (non-hydrogen) atoms. The van der Waals surface area contributed by atoms with Crippen LogP contribution in [0.3, 0.4) is 0 Å². The summed E-state index contributed by atoms with van der Waals surface area (Å²) in [6.45, 7) is 15.8. The Balaban J connectivity index is 2.23. The zero-order valence-electron chi connectivity index (χ0n) is 20.2. The standard InChI is InChI=1S/C21H39NO8Si/c1-19(2,3)30-18(25)22-15-13(23)11-27-14-10-21(17(24)26-7,29-16(14)15)12-28-31(8,9)20(4,5)6/h13-16,23H,10-12H2,1-9H3,(H,22,25)/t13-,14-,15-,16+,21+/m1/s1. The third kappa shape index (κ3) is 5.98. The first-order valence-corrected chi connectivity index (χ1v) is 13.6. The molecule has 1 amide bonds. The molecule has 2 heterocycles. The summed E-state index contributed by atoms with van der Waals surface area (Å²) in [4.78, 5) is 25.1. The van der Waals surface area contributed by atoms with E-state index in [1.165, 1.54) is 7.11 Å². The van der Waals surface area contributed by atoms with Crippen LogP contribution in [0, 0.1) is 0 Å². The van der Waals surface area contributed by atoms with Crippen molar-refractivity contribution in [3.63, 3.8) is 0 Å². The molecule has 180 valence electrons. The average Bonchev–Trinajstić information content (AvgIpc) is 3.00. The summed E-state index contributed by atoms with van der Waals surface area (Å²) in [5.74, 6) is -0.560. The van der Waals surface area contributed by atoms with Crippen molar-refractivity contribution >= 4 is 20.4 Å². The number of nitrogens with one attached hydrogen (secondary N) is 1. The number of alkyl carbamates (subject to hydrolysis) is 1. The third-order valence-corrected chi connectivity index (χ3v) is 10.7. The van der Waals surface area contributed by atoms with Crippen LogP contribution in [-0.2, 0) is 28.2 Å². The number of fused-ring (bicyclic) bond motifs is 1. The molecule has 0 unspecified atom stereocenters. The molecule has 0 radical (unpaired) electrons. The Hall–Kier alpha value is -1.20. The summed E-state index contributed by atoms with van der Waals surface area (Å²) in [6.07, 6.45) is -2.74. The number of ether oxygens (including phenoxy) is 4. The Morgan fingerprint density at radius 2 is 1.81 bits per heavy atom. The van der Waals surface area contributed by atoms with Gasteiger partial charge in [0.2, 0.25) is 0 Å². The molecule has 2 aliphatic rings. The van der Waals surface area contributed by atoms with Gasteiger partial charge in [-0.15, -0.1) is 0 Å². The maximum atomic E-state index is 12.8. The summed E-state index contributed by atoms with van der Waals surface area (Å²) in [6, 6.07) is -0.798. The molecule has 0 aromatic heterocycles. The first-order valence-electron chi connectivity index (χ1n) is 10.7. The molecular formula is C21H39NO8Si. The quantitative estimate of drug-likeness (QED) is 0.474. The largest absolute Gasteiger partial charge is 0.467 e. The van der Waals surface area contributed by atoms with Gasteiger partial charge >= 0.3 is 12.1 Å². The van der Waals surface area contributed by atoms with Gasteiger partial charge in [0.25, 0.3) is 0 Å². The Morgan fingerprint density at radius 3 is 2.32 bits per heavy atom. The topological polar surface area (TPSA) is 113 Å². The lowest BCUT2D eigenvalue weighted by atomic mass is 9.93. The molecule has 0 aromatic carbocycles. The summed E-state index contributed by atoms with van der Waals surface area (Å²) in [5, 5.41) is 13.1. The predicted octanol–water partition coefficient (Wildman–Crippen LogP) is 2.36. The second-order valence-corrected chi connectivity index (χ2v) is 15.7. The van der Waals surface area contributed by atoms with Crippen LogP contribution >= 0.6 is 0 Å². The van der Waals surface area contributed by atoms with E-state index in [9.17, 15) is 14.7 Å². The van der Waals surface area contributed by atoms with Crippen molar-refractivity contribution in [1.82, 2.24) is 5.32 Å². The maximum absolute atomic E-state index is 12.8. The molecule has 2 aliphatic heterocycles. The van der Waals surface area contributed by atoms with Gasteiger partial charge in [0.15, 0.2) is 13.9 Å². The Bertz CT molecular complexity index is 671. The first-order chi connectivity index (χ1) is 14.0. The second kappa shape index (κ2) is 8.97. The molecule has 2 fully saturated rings. The maximum Gasteiger partial charge on any atom is 0.408 e. The second-order valence-electron chi connectivity index (χ2n) is 10.9. The number of carbonyl (C=O) groups excluding carboxylic acids is 2. The number of esters is 1. The Labute approximate surface area is 186 Å². The van der Waals surface area contributed by atoms with Crippen LogP contribution in [0.4, 0.5) is 4.79 Å². The number of hydrogen-bond donors (Lipinski definition) is 2. The minimum Gasteiger partial charge on any atom is -0.467 e. The molecule has 9 nitrogen and oxygen atoms in total. The van der Waals surface area contributed by atoms with Crippen LogP contribution in [0.5, 0.6) is 0 Å². The van der Waals surface area contributed by atoms with E-state index >= 15 is 0 Å². The molecule has 0 spiro atoms. The van der Waals surface area contributed by atoms with Crippen molar-refractivity contribution in [2.75, 3.05) is 20.3 Å². The van der Waals surface area contributed by atoms with E-state index in [2.05, 4.69) is 39.2 Å². The van der Waals surface area contributed by atoms with Crippen molar-refractivity contribution in [1.29, 1.82) is 0 Å². The first kappa shape index (κ1) is 26.1. The van der Waals surface area contributed by atoms with Crippen LogP contribution in [0.1, 0.15) is 48.0 Å². The highest BCUT2D eigenvalue weighted by Gasteiger charge is 2.59. The Kier molecular flexibility index (Phi) is 7.54. The summed E-state index contributed by atoms with van der Waals surface area (Å²) < 4.78 is 28.6. The molecule has 10 heteroatoms. The highest BCUT2D eigenvalue weighted by Crippen LogP contribution is 2.42. The number of aliphatic hydroxyl groups is 1. The normalized spacial score (nSPS) is 31.7. The van der Waals surface area contributed by atoms with E-state index in [1.807, 2.05) is 0 Å². The lowest BCUT2D eigenvalue weighted by molar-refractivity contribution is -0.180. The fourth-order valence-corrected chi connectivity index (χ4v) is 4.46. The van der Waals surface area contributed by atoms with Gasteiger partial charge in [-0.05, 0) is 38.9 Å². The minimum absolute atomic E-state index is 0.00529. The molecule has 2 rings (SSSR count). The van der Waals surface area contributed by atoms with E-state index in [-0.39, 0.29) is 24.7 Å². The molecular weight excluding hydrogens is 422 g/mol. The molecule has 0 saturated carbocycles. The highest BCUT2D eigenvalue weighted by molar-refractivity contribution is 6.74. The molecule has 2 saturated heterocycles. The SMILES string of the molecule is COC(=O)[C@@]1(CO[Si](C)(C)C(C)(C)C)C[C@H]2OC[C@@H](O)[C@@H](NC(=O)OC(C)(C)C)[C@H]2O1. The van der Waals surface area contributed by atoms with Gasteiger partial charge in [-0.2, -0.15) is 0 Å². The van der Waals surface area contributed by atoms with Gasteiger partial charge in [0, 0.05) is 6.42 Å². The van der Waals surface area contributed by atoms with E-state index in [0.29, 0.717) is 0 Å². The van der Waals surface area contributed by atoms with E-state index in [0.717, 1.165) is 0 Å². The zero-order chi connectivity index (χ0) is 23.8. The van der Waals surface area contributed by atoms with Gasteiger partial charge in [0.05, 0.1) is 32.5 Å². The summed E-state index contributed by atoms with van der Waals surface area (Å²) in [5.41, 5.74) is -2.07. The number of amides is 1. The lowest BCUT2D eigenvalue weighted by Gasteiger charge is -2.39. The molecule has 0 bridgehead atoms. The van der Waals surface area contributed by atoms with Gasteiger partial charge in [-0.25, -0.2) is 9.59 Å². The fourth-order valence-electron chi connectivity index (χ4n) is 3.43.